The maximum atomic E-state index is 12.4. The molecule has 0 aliphatic carbocycles. The largest absolute Gasteiger partial charge is 0.423 e. The van der Waals surface area contributed by atoms with Crippen LogP contribution in [-0.4, -0.2) is 13.3 Å². The summed E-state index contributed by atoms with van der Waals surface area (Å²) in [6.45, 7) is 0. The summed E-state index contributed by atoms with van der Waals surface area (Å²) in [5.74, 6) is -0.161. The van der Waals surface area contributed by atoms with Gasteiger partial charge in [0.1, 0.15) is 11.3 Å². The molecule has 0 aliphatic rings. The Kier molecular flexibility index (Phi) is 4.19. The van der Waals surface area contributed by atoms with Crippen LogP contribution in [0.25, 0.3) is 11.0 Å². The molecule has 10 heteroatoms. The number of hydrogen-bond donors (Lipinski definition) is 0. The number of rotatable bonds is 4. The van der Waals surface area contributed by atoms with Crippen molar-refractivity contribution in [2.45, 2.75) is 4.90 Å². The Morgan fingerprint density at radius 2 is 1.80 bits per heavy atom. The lowest BCUT2D eigenvalue weighted by atomic mass is 10.2. The Morgan fingerprint density at radius 1 is 1.08 bits per heavy atom. The third-order valence-corrected chi connectivity index (χ3v) is 4.72. The van der Waals surface area contributed by atoms with Crippen LogP contribution in [0.1, 0.15) is 0 Å². The van der Waals surface area contributed by atoms with E-state index in [4.69, 9.17) is 20.2 Å². The second kappa shape index (κ2) is 6.19. The average Bonchev–Trinajstić information content (AvgIpc) is 2.53. The van der Waals surface area contributed by atoms with Crippen LogP contribution in [0.4, 0.5) is 5.69 Å². The first-order valence-electron chi connectivity index (χ1n) is 6.69. The fourth-order valence-corrected chi connectivity index (χ4v) is 3.35. The molecule has 3 rings (SSSR count). The highest BCUT2D eigenvalue weighted by molar-refractivity contribution is 7.87. The fourth-order valence-electron chi connectivity index (χ4n) is 2.11. The zero-order valence-corrected chi connectivity index (χ0v) is 13.8. The second-order valence-corrected chi connectivity index (χ2v) is 6.81. The summed E-state index contributed by atoms with van der Waals surface area (Å²) < 4.78 is 34.6. The van der Waals surface area contributed by atoms with Gasteiger partial charge in [0.15, 0.2) is 4.90 Å². The van der Waals surface area contributed by atoms with Crippen LogP contribution in [0.15, 0.2) is 62.6 Å². The number of nitro groups is 1. The summed E-state index contributed by atoms with van der Waals surface area (Å²) >= 11 is 5.67. The van der Waals surface area contributed by atoms with E-state index in [1.165, 1.54) is 36.4 Å². The second-order valence-electron chi connectivity index (χ2n) is 4.86. The number of benzene rings is 2. The van der Waals surface area contributed by atoms with E-state index in [1.54, 1.807) is 0 Å². The van der Waals surface area contributed by atoms with Gasteiger partial charge in [0.25, 0.3) is 5.69 Å². The zero-order chi connectivity index (χ0) is 18.2. The summed E-state index contributed by atoms with van der Waals surface area (Å²) in [4.78, 5) is 20.8. The molecule has 3 aromatic rings. The van der Waals surface area contributed by atoms with Gasteiger partial charge in [-0.2, -0.15) is 8.42 Å². The molecular weight excluding hydrogens is 374 g/mol. The first-order valence-corrected chi connectivity index (χ1v) is 8.47. The molecule has 0 saturated carbocycles. The van der Waals surface area contributed by atoms with Crippen LogP contribution in [0.2, 0.25) is 5.02 Å². The maximum absolute atomic E-state index is 12.4. The number of halogens is 1. The lowest BCUT2D eigenvalue weighted by molar-refractivity contribution is -0.387. The molecule has 25 heavy (non-hydrogen) atoms. The van der Waals surface area contributed by atoms with Gasteiger partial charge in [-0.05, 0) is 30.3 Å². The molecule has 0 fully saturated rings. The van der Waals surface area contributed by atoms with Gasteiger partial charge in [-0.15, -0.1) is 0 Å². The van der Waals surface area contributed by atoms with Gasteiger partial charge >= 0.3 is 15.7 Å². The van der Waals surface area contributed by atoms with Crippen molar-refractivity contribution in [1.82, 2.24) is 0 Å². The quantitative estimate of drug-likeness (QED) is 0.295. The van der Waals surface area contributed by atoms with E-state index in [2.05, 4.69) is 0 Å². The van der Waals surface area contributed by atoms with Gasteiger partial charge in [0, 0.05) is 28.6 Å². The Balaban J connectivity index is 2.05. The van der Waals surface area contributed by atoms with Crippen LogP contribution in [0.5, 0.6) is 5.75 Å². The van der Waals surface area contributed by atoms with E-state index in [9.17, 15) is 23.3 Å². The standard InChI is InChI=1S/C15H8ClNO7S/c16-10-3-5-14(12(7-10)17(19)20)25(21,22)24-11-4-1-9-2-6-15(18)23-13(9)8-11/h1-8H. The SMILES string of the molecule is O=c1ccc2ccc(OS(=O)(=O)c3ccc(Cl)cc3[N+](=O)[O-])cc2o1. The number of fused-ring (bicyclic) bond motifs is 1. The van der Waals surface area contributed by atoms with Crippen LogP contribution in [0.3, 0.4) is 0 Å². The molecule has 8 nitrogen and oxygen atoms in total. The van der Waals surface area contributed by atoms with Crippen molar-refractivity contribution in [2.24, 2.45) is 0 Å². The molecular formula is C15H8ClNO7S. The monoisotopic (exact) mass is 381 g/mol. The van der Waals surface area contributed by atoms with Crippen molar-refractivity contribution in [1.29, 1.82) is 0 Å². The van der Waals surface area contributed by atoms with Gasteiger partial charge in [-0.1, -0.05) is 11.6 Å². The summed E-state index contributed by atoms with van der Waals surface area (Å²) in [5, 5.41) is 11.6. The number of hydrogen-bond acceptors (Lipinski definition) is 7. The first-order chi connectivity index (χ1) is 11.8. The minimum absolute atomic E-state index is 0.0122. The minimum Gasteiger partial charge on any atom is -0.423 e. The molecule has 0 saturated heterocycles. The van der Waals surface area contributed by atoms with Crippen molar-refractivity contribution < 1.29 is 21.9 Å². The molecule has 0 bridgehead atoms. The Hall–Kier alpha value is -2.91. The molecule has 0 unspecified atom stereocenters. The summed E-state index contributed by atoms with van der Waals surface area (Å²) in [7, 11) is -4.50. The summed E-state index contributed by atoms with van der Waals surface area (Å²) in [6.07, 6.45) is 0. The molecule has 2 aromatic carbocycles. The van der Waals surface area contributed by atoms with E-state index < -0.39 is 31.2 Å². The van der Waals surface area contributed by atoms with Crippen molar-refractivity contribution in [2.75, 3.05) is 0 Å². The molecule has 128 valence electrons. The third-order valence-electron chi connectivity index (χ3n) is 3.19. The lowest BCUT2D eigenvalue weighted by Gasteiger charge is -2.08. The van der Waals surface area contributed by atoms with Gasteiger partial charge in [-0.25, -0.2) is 4.79 Å². The van der Waals surface area contributed by atoms with Crippen LogP contribution in [-0.2, 0) is 10.1 Å². The van der Waals surface area contributed by atoms with Crippen LogP contribution < -0.4 is 9.81 Å². The molecule has 0 radical (unpaired) electrons. The minimum atomic E-state index is -4.50. The van der Waals surface area contributed by atoms with Gasteiger partial charge < -0.3 is 8.60 Å². The van der Waals surface area contributed by atoms with Crippen LogP contribution in [0, 0.1) is 10.1 Å². The highest BCUT2D eigenvalue weighted by Crippen LogP contribution is 2.30. The van der Waals surface area contributed by atoms with E-state index in [0.717, 1.165) is 12.1 Å². The van der Waals surface area contributed by atoms with E-state index in [-0.39, 0.29) is 16.4 Å². The molecule has 0 N–H and O–H groups in total. The average molecular weight is 382 g/mol. The van der Waals surface area contributed by atoms with Crippen LogP contribution >= 0.6 is 11.6 Å². The van der Waals surface area contributed by atoms with Gasteiger partial charge in [0.2, 0.25) is 0 Å². The predicted octanol–water partition coefficient (Wildman–Crippen LogP) is 3.12. The molecule has 0 aliphatic heterocycles. The maximum Gasteiger partial charge on any atom is 0.346 e. The fraction of sp³-hybridized carbons (Fsp3) is 0. The topological polar surface area (TPSA) is 117 Å². The van der Waals surface area contributed by atoms with Gasteiger partial charge in [0.05, 0.1) is 4.92 Å². The Bertz CT molecular complexity index is 1150. The van der Waals surface area contributed by atoms with Crippen molar-refractivity contribution in [3.05, 3.63) is 74.1 Å². The molecule has 1 heterocycles. The van der Waals surface area contributed by atoms with Crippen molar-refractivity contribution in [3.8, 4) is 5.75 Å². The van der Waals surface area contributed by atoms with E-state index in [1.807, 2.05) is 0 Å². The normalized spacial score (nSPS) is 11.4. The lowest BCUT2D eigenvalue weighted by Crippen LogP contribution is -2.12. The van der Waals surface area contributed by atoms with Gasteiger partial charge in [-0.3, -0.25) is 10.1 Å². The molecule has 0 atom stereocenters. The third kappa shape index (κ3) is 3.47. The Morgan fingerprint density at radius 3 is 2.52 bits per heavy atom. The summed E-state index contributed by atoms with van der Waals surface area (Å²) in [5.41, 5.74) is -1.20. The predicted molar refractivity (Wildman–Crippen MR) is 88.4 cm³/mol. The van der Waals surface area contributed by atoms with Crippen molar-refractivity contribution in [3.63, 3.8) is 0 Å². The molecule has 0 spiro atoms. The highest BCUT2D eigenvalue weighted by atomic mass is 35.5. The van der Waals surface area contributed by atoms with E-state index in [0.29, 0.717) is 5.39 Å². The number of nitrogens with zero attached hydrogens (tertiary/aromatic N) is 1. The zero-order valence-electron chi connectivity index (χ0n) is 12.2. The first kappa shape index (κ1) is 16.9. The Labute approximate surface area is 145 Å². The van der Waals surface area contributed by atoms with Crippen molar-refractivity contribution >= 4 is 38.4 Å². The summed E-state index contributed by atoms with van der Waals surface area (Å²) in [6, 6.07) is 9.84. The smallest absolute Gasteiger partial charge is 0.346 e. The highest BCUT2D eigenvalue weighted by Gasteiger charge is 2.28. The molecule has 1 aromatic heterocycles. The number of nitro benzene ring substituents is 1. The molecule has 0 amide bonds. The van der Waals surface area contributed by atoms with E-state index >= 15 is 0 Å².